The summed E-state index contributed by atoms with van der Waals surface area (Å²) in [6.45, 7) is 0.422. The summed E-state index contributed by atoms with van der Waals surface area (Å²) in [4.78, 5) is 17.8. The van der Waals surface area contributed by atoms with Crippen LogP contribution >= 0.6 is 11.6 Å². The van der Waals surface area contributed by atoms with E-state index < -0.39 is 0 Å². The van der Waals surface area contributed by atoms with E-state index in [-0.39, 0.29) is 18.1 Å². The number of pyridine rings is 1. The van der Waals surface area contributed by atoms with Crippen molar-refractivity contribution in [2.45, 2.75) is 6.54 Å². The minimum atomic E-state index is -0.379. The van der Waals surface area contributed by atoms with Crippen LogP contribution < -0.4 is 10.0 Å². The molecule has 4 nitrogen and oxygen atoms in total. The number of hydrogen-bond acceptors (Lipinski definition) is 3. The molecule has 0 saturated carbocycles. The molecule has 0 unspecified atom stereocenters. The highest BCUT2D eigenvalue weighted by molar-refractivity contribution is 6.28. The van der Waals surface area contributed by atoms with Gasteiger partial charge in [0, 0.05) is 24.2 Å². The van der Waals surface area contributed by atoms with Crippen molar-refractivity contribution in [2.24, 2.45) is 0 Å². The van der Waals surface area contributed by atoms with Crippen molar-refractivity contribution in [2.75, 3.05) is 13.7 Å². The van der Waals surface area contributed by atoms with Crippen LogP contribution in [0, 0.1) is 5.82 Å². The van der Waals surface area contributed by atoms with Gasteiger partial charge in [-0.05, 0) is 59.1 Å². The number of nitrogens with zero attached hydrogens (tertiary/aromatic N) is 1. The maximum Gasteiger partial charge on any atom is 0.275 e. The van der Waals surface area contributed by atoms with Gasteiger partial charge >= 0.3 is 0 Å². The lowest BCUT2D eigenvalue weighted by Gasteiger charge is -2.09. The fourth-order valence-corrected chi connectivity index (χ4v) is 3.09. The summed E-state index contributed by atoms with van der Waals surface area (Å²) in [5.41, 5.74) is 5.96. The summed E-state index contributed by atoms with van der Waals surface area (Å²) >= 11 is 6.33. The molecule has 0 fully saturated rings. The number of hydroxylamine groups is 1. The number of aromatic nitrogens is 1. The molecule has 0 aliphatic rings. The molecule has 3 rings (SSSR count). The highest BCUT2D eigenvalue weighted by atomic mass is 35.5. The van der Waals surface area contributed by atoms with Crippen LogP contribution in [0.3, 0.4) is 0 Å². The predicted octanol–water partition coefficient (Wildman–Crippen LogP) is 4.23. The quantitative estimate of drug-likeness (QED) is 0.198. The first-order chi connectivity index (χ1) is 14.1. The van der Waals surface area contributed by atoms with Crippen LogP contribution in [0.15, 0.2) is 79.0 Å². The van der Waals surface area contributed by atoms with Gasteiger partial charge in [0.2, 0.25) is 12.3 Å². The van der Waals surface area contributed by atoms with Gasteiger partial charge in [0.1, 0.15) is 5.82 Å². The zero-order chi connectivity index (χ0) is 20.6. The molecule has 1 N–H and O–H groups in total. The van der Waals surface area contributed by atoms with E-state index in [2.05, 4.69) is 5.48 Å². The van der Waals surface area contributed by atoms with Crippen LogP contribution in [0.5, 0.6) is 0 Å². The largest absolute Gasteiger partial charge is 0.298 e. The number of hydrogen-bond donors (Lipinski definition) is 1. The first kappa shape index (κ1) is 20.9. The first-order valence-corrected chi connectivity index (χ1v) is 9.48. The average molecular weight is 412 g/mol. The molecule has 0 atom stereocenters. The number of Topliss-reactive ketones (excluding diaryl/α,β-unsaturated/α-hetero) is 1. The average Bonchev–Trinajstić information content (AvgIpc) is 2.74. The van der Waals surface area contributed by atoms with Gasteiger partial charge in [-0.15, -0.1) is 0 Å². The molecule has 1 aromatic heterocycles. The molecule has 0 aliphatic heterocycles. The van der Waals surface area contributed by atoms with E-state index in [9.17, 15) is 9.18 Å². The van der Waals surface area contributed by atoms with Crippen LogP contribution in [0.1, 0.15) is 21.5 Å². The van der Waals surface area contributed by atoms with Crippen LogP contribution in [-0.2, 0) is 11.4 Å². The van der Waals surface area contributed by atoms with Gasteiger partial charge in [0.25, 0.3) is 5.15 Å². The second-order valence-electron chi connectivity index (χ2n) is 6.30. The molecular formula is C23H21ClFN2O2+. The molecular weight excluding hydrogens is 391 g/mol. The van der Waals surface area contributed by atoms with Gasteiger partial charge in [0.15, 0.2) is 6.20 Å². The topological polar surface area (TPSA) is 42.2 Å². The Bertz CT molecular complexity index is 1010. The lowest BCUT2D eigenvalue weighted by Crippen LogP contribution is -2.39. The Hall–Kier alpha value is -2.86. The lowest BCUT2D eigenvalue weighted by molar-refractivity contribution is -0.681. The molecule has 0 amide bonds. The standard InChI is InChI=1S/C23H21ClFN2O2/c1-26-29-14-13-21(17-5-3-2-4-6-17)19-9-12-23(24)27(15-19)16-22(28)18-7-10-20(25)11-8-18/h2-13,15,26H,14,16H2,1H3/q+1/b21-13+. The summed E-state index contributed by atoms with van der Waals surface area (Å²) in [6, 6.07) is 19.0. The fraction of sp³-hybridized carbons (Fsp3) is 0.130. The number of rotatable bonds is 8. The highest BCUT2D eigenvalue weighted by Gasteiger charge is 2.18. The molecule has 3 aromatic rings. The Morgan fingerprint density at radius 3 is 2.41 bits per heavy atom. The third-order valence-electron chi connectivity index (χ3n) is 4.36. The normalized spacial score (nSPS) is 11.5. The zero-order valence-corrected chi connectivity index (χ0v) is 16.7. The third-order valence-corrected chi connectivity index (χ3v) is 4.70. The number of carbonyl (C=O) groups excluding carboxylic acids is 1. The number of benzene rings is 2. The van der Waals surface area contributed by atoms with Crippen molar-refractivity contribution < 1.29 is 18.6 Å². The smallest absolute Gasteiger partial charge is 0.275 e. The van der Waals surface area contributed by atoms with Crippen molar-refractivity contribution in [3.63, 3.8) is 0 Å². The second kappa shape index (κ2) is 10.1. The Balaban J connectivity index is 1.92. The Morgan fingerprint density at radius 1 is 1.03 bits per heavy atom. The van der Waals surface area contributed by atoms with Gasteiger partial charge in [-0.25, -0.2) is 9.87 Å². The summed E-state index contributed by atoms with van der Waals surface area (Å²) < 4.78 is 14.8. The van der Waals surface area contributed by atoms with Crippen LogP contribution in [0.2, 0.25) is 5.15 Å². The molecule has 0 spiro atoms. The Morgan fingerprint density at radius 2 is 1.72 bits per heavy atom. The monoisotopic (exact) mass is 411 g/mol. The van der Waals surface area contributed by atoms with Gasteiger partial charge < -0.3 is 0 Å². The van der Waals surface area contributed by atoms with Crippen LogP contribution in [0.25, 0.3) is 5.57 Å². The van der Waals surface area contributed by atoms with Crippen molar-refractivity contribution in [1.29, 1.82) is 0 Å². The second-order valence-corrected chi connectivity index (χ2v) is 6.68. The van der Waals surface area contributed by atoms with E-state index in [0.717, 1.165) is 16.7 Å². The lowest BCUT2D eigenvalue weighted by atomic mass is 9.99. The number of carbonyl (C=O) groups is 1. The van der Waals surface area contributed by atoms with Crippen molar-refractivity contribution >= 4 is 23.0 Å². The van der Waals surface area contributed by atoms with E-state index in [4.69, 9.17) is 16.4 Å². The van der Waals surface area contributed by atoms with E-state index in [0.29, 0.717) is 17.3 Å². The molecule has 1 heterocycles. The molecule has 2 aromatic carbocycles. The van der Waals surface area contributed by atoms with Gasteiger partial charge in [-0.3, -0.25) is 9.63 Å². The maximum absolute atomic E-state index is 13.1. The molecule has 0 radical (unpaired) electrons. The fourth-order valence-electron chi connectivity index (χ4n) is 2.92. The SMILES string of the molecule is CNOC/C=C(\c1ccccc1)c1ccc(Cl)[n+](CC(=O)c2ccc(F)cc2)c1. The molecule has 0 bridgehead atoms. The number of nitrogens with one attached hydrogen (secondary N) is 1. The highest BCUT2D eigenvalue weighted by Crippen LogP contribution is 2.23. The zero-order valence-electron chi connectivity index (χ0n) is 15.9. The minimum absolute atomic E-state index is 0.0490. The van der Waals surface area contributed by atoms with Gasteiger partial charge in [0.05, 0.1) is 6.61 Å². The molecule has 0 saturated heterocycles. The minimum Gasteiger partial charge on any atom is -0.298 e. The summed E-state index contributed by atoms with van der Waals surface area (Å²) in [6.07, 6.45) is 3.79. The maximum atomic E-state index is 13.1. The van der Waals surface area contributed by atoms with Crippen LogP contribution in [-0.4, -0.2) is 19.4 Å². The molecule has 148 valence electrons. The number of halogens is 2. The first-order valence-electron chi connectivity index (χ1n) is 9.10. The van der Waals surface area contributed by atoms with Crippen molar-refractivity contribution in [3.05, 3.63) is 107 Å². The summed E-state index contributed by atoms with van der Waals surface area (Å²) in [5, 5.41) is 0.433. The van der Waals surface area contributed by atoms with Crippen molar-refractivity contribution in [3.8, 4) is 0 Å². The van der Waals surface area contributed by atoms with E-state index in [1.54, 1.807) is 17.7 Å². The van der Waals surface area contributed by atoms with Gasteiger partial charge in [-0.1, -0.05) is 30.3 Å². The van der Waals surface area contributed by atoms with E-state index in [1.807, 2.05) is 48.7 Å². The molecule has 29 heavy (non-hydrogen) atoms. The summed E-state index contributed by atoms with van der Waals surface area (Å²) in [7, 11) is 1.70. The van der Waals surface area contributed by atoms with Crippen molar-refractivity contribution in [1.82, 2.24) is 5.48 Å². The van der Waals surface area contributed by atoms with Crippen LogP contribution in [0.4, 0.5) is 4.39 Å². The predicted molar refractivity (Wildman–Crippen MR) is 111 cm³/mol. The summed E-state index contributed by atoms with van der Waals surface area (Å²) in [5.74, 6) is -0.534. The molecule has 0 aliphatic carbocycles. The number of ketones is 1. The molecule has 6 heteroatoms. The third kappa shape index (κ3) is 5.57. The Kier molecular flexibility index (Phi) is 7.25. The van der Waals surface area contributed by atoms with E-state index >= 15 is 0 Å². The Labute approximate surface area is 174 Å². The van der Waals surface area contributed by atoms with E-state index in [1.165, 1.54) is 24.3 Å². The van der Waals surface area contributed by atoms with Gasteiger partial charge in [-0.2, -0.15) is 4.57 Å².